The van der Waals surface area contributed by atoms with Crippen molar-refractivity contribution < 1.29 is 4.79 Å². The highest BCUT2D eigenvalue weighted by atomic mass is 16.1. The predicted octanol–water partition coefficient (Wildman–Crippen LogP) is 4.88. The SMILES string of the molecule is Cc1ccc2c(c1)C(=O)C(c1ccccc1)(c1ccccc1)C=N2. The first kappa shape index (κ1) is 14.6. The second-order valence-electron chi connectivity index (χ2n) is 6.15. The minimum absolute atomic E-state index is 0.0774. The Morgan fingerprint density at radius 3 is 1.96 bits per heavy atom. The van der Waals surface area contributed by atoms with E-state index in [9.17, 15) is 4.79 Å². The van der Waals surface area contributed by atoms with Gasteiger partial charge in [0, 0.05) is 11.8 Å². The summed E-state index contributed by atoms with van der Waals surface area (Å²) in [5, 5.41) is 0. The van der Waals surface area contributed by atoms with E-state index in [0.29, 0.717) is 5.56 Å². The van der Waals surface area contributed by atoms with Crippen LogP contribution in [-0.4, -0.2) is 12.0 Å². The maximum atomic E-state index is 13.6. The molecule has 2 heteroatoms. The molecule has 0 aromatic heterocycles. The maximum absolute atomic E-state index is 13.6. The van der Waals surface area contributed by atoms with Crippen LogP contribution in [0.2, 0.25) is 0 Å². The predicted molar refractivity (Wildman–Crippen MR) is 97.3 cm³/mol. The molecule has 0 fully saturated rings. The maximum Gasteiger partial charge on any atom is 0.185 e. The van der Waals surface area contributed by atoms with Crippen LogP contribution in [0.5, 0.6) is 0 Å². The number of hydrogen-bond donors (Lipinski definition) is 0. The molecule has 0 saturated heterocycles. The van der Waals surface area contributed by atoms with Gasteiger partial charge in [-0.05, 0) is 30.2 Å². The Morgan fingerprint density at radius 2 is 1.38 bits per heavy atom. The molecule has 0 N–H and O–H groups in total. The second-order valence-corrected chi connectivity index (χ2v) is 6.15. The zero-order chi connectivity index (χ0) is 16.6. The Morgan fingerprint density at radius 1 is 0.792 bits per heavy atom. The van der Waals surface area contributed by atoms with Gasteiger partial charge in [-0.2, -0.15) is 0 Å². The van der Waals surface area contributed by atoms with E-state index < -0.39 is 5.41 Å². The lowest BCUT2D eigenvalue weighted by atomic mass is 9.69. The summed E-state index contributed by atoms with van der Waals surface area (Å²) in [6, 6.07) is 25.6. The van der Waals surface area contributed by atoms with Crippen molar-refractivity contribution in [1.29, 1.82) is 0 Å². The second kappa shape index (κ2) is 5.57. The summed E-state index contributed by atoms with van der Waals surface area (Å²) in [4.78, 5) is 18.2. The number of Topliss-reactive ketones (excluding diaryl/α,β-unsaturated/α-hetero) is 1. The summed E-state index contributed by atoms with van der Waals surface area (Å²) in [5.74, 6) is 0.0774. The third-order valence-electron chi connectivity index (χ3n) is 4.61. The fourth-order valence-electron chi connectivity index (χ4n) is 3.36. The first-order chi connectivity index (χ1) is 11.7. The number of rotatable bonds is 2. The van der Waals surface area contributed by atoms with Crippen molar-refractivity contribution in [3.05, 3.63) is 101 Å². The first-order valence-electron chi connectivity index (χ1n) is 8.03. The molecule has 1 aliphatic rings. The summed E-state index contributed by atoms with van der Waals surface area (Å²) in [7, 11) is 0. The monoisotopic (exact) mass is 311 g/mol. The van der Waals surface area contributed by atoms with Crippen molar-refractivity contribution in [2.45, 2.75) is 12.3 Å². The molecule has 24 heavy (non-hydrogen) atoms. The Balaban J connectivity index is 2.01. The fourth-order valence-corrected chi connectivity index (χ4v) is 3.36. The molecule has 3 aromatic carbocycles. The molecule has 0 radical (unpaired) electrons. The summed E-state index contributed by atoms with van der Waals surface area (Å²) in [6.07, 6.45) is 1.80. The zero-order valence-corrected chi connectivity index (χ0v) is 13.4. The third-order valence-corrected chi connectivity index (χ3v) is 4.61. The number of fused-ring (bicyclic) bond motifs is 1. The number of nitrogens with zero attached hydrogens (tertiary/aromatic N) is 1. The number of aryl methyl sites for hydroxylation is 1. The molecule has 1 aliphatic heterocycles. The quantitative estimate of drug-likeness (QED) is 0.663. The summed E-state index contributed by atoms with van der Waals surface area (Å²) in [6.45, 7) is 2.00. The normalized spacial score (nSPS) is 15.1. The van der Waals surface area contributed by atoms with Crippen LogP contribution in [0.4, 0.5) is 5.69 Å². The summed E-state index contributed by atoms with van der Waals surface area (Å²) in [5.41, 5.74) is 3.50. The van der Waals surface area contributed by atoms with E-state index in [0.717, 1.165) is 22.4 Å². The third kappa shape index (κ3) is 2.11. The van der Waals surface area contributed by atoms with Crippen molar-refractivity contribution in [1.82, 2.24) is 0 Å². The number of ketones is 1. The Labute approximate surface area is 141 Å². The Kier molecular flexibility index (Phi) is 3.39. The lowest BCUT2D eigenvalue weighted by molar-refractivity contribution is 0.0949. The number of hydrogen-bond acceptors (Lipinski definition) is 2. The Bertz CT molecular complexity index is 887. The van der Waals surface area contributed by atoms with Gasteiger partial charge in [0.05, 0.1) is 5.69 Å². The molecule has 0 unspecified atom stereocenters. The number of aliphatic imine (C=N–C) groups is 1. The van der Waals surface area contributed by atoms with Crippen LogP contribution >= 0.6 is 0 Å². The largest absolute Gasteiger partial charge is 0.292 e. The fraction of sp³-hybridized carbons (Fsp3) is 0.0909. The summed E-state index contributed by atoms with van der Waals surface area (Å²) < 4.78 is 0. The average Bonchev–Trinajstić information content (AvgIpc) is 2.64. The van der Waals surface area contributed by atoms with Gasteiger partial charge in [0.2, 0.25) is 0 Å². The van der Waals surface area contributed by atoms with Gasteiger partial charge in [-0.25, -0.2) is 0 Å². The number of benzene rings is 3. The van der Waals surface area contributed by atoms with Crippen molar-refractivity contribution in [3.8, 4) is 0 Å². The minimum Gasteiger partial charge on any atom is -0.292 e. The highest BCUT2D eigenvalue weighted by molar-refractivity contribution is 6.22. The van der Waals surface area contributed by atoms with Crippen LogP contribution in [0.15, 0.2) is 83.9 Å². The van der Waals surface area contributed by atoms with Gasteiger partial charge in [0.25, 0.3) is 0 Å². The number of carbonyl (C=O) groups is 1. The van der Waals surface area contributed by atoms with Gasteiger partial charge in [0.1, 0.15) is 5.41 Å². The smallest absolute Gasteiger partial charge is 0.185 e. The highest BCUT2D eigenvalue weighted by Gasteiger charge is 2.43. The lowest BCUT2D eigenvalue weighted by Crippen LogP contribution is -2.40. The molecular formula is C22H17NO. The van der Waals surface area contributed by atoms with Crippen LogP contribution in [0.25, 0.3) is 0 Å². The first-order valence-corrected chi connectivity index (χ1v) is 8.03. The number of carbonyl (C=O) groups excluding carboxylic acids is 1. The molecule has 0 amide bonds. The van der Waals surface area contributed by atoms with E-state index in [2.05, 4.69) is 4.99 Å². The summed E-state index contributed by atoms with van der Waals surface area (Å²) >= 11 is 0. The average molecular weight is 311 g/mol. The minimum atomic E-state index is -0.872. The van der Waals surface area contributed by atoms with Crippen LogP contribution < -0.4 is 0 Å². The zero-order valence-electron chi connectivity index (χ0n) is 13.4. The highest BCUT2D eigenvalue weighted by Crippen LogP contribution is 2.40. The van der Waals surface area contributed by atoms with E-state index in [1.807, 2.05) is 85.8 Å². The van der Waals surface area contributed by atoms with Gasteiger partial charge < -0.3 is 0 Å². The van der Waals surface area contributed by atoms with Crippen molar-refractivity contribution in [3.63, 3.8) is 0 Å². The molecule has 3 aromatic rings. The molecule has 2 nitrogen and oxygen atoms in total. The molecular weight excluding hydrogens is 294 g/mol. The van der Waals surface area contributed by atoms with E-state index in [4.69, 9.17) is 0 Å². The van der Waals surface area contributed by atoms with E-state index in [1.54, 1.807) is 6.21 Å². The lowest BCUT2D eigenvalue weighted by Gasteiger charge is -2.33. The van der Waals surface area contributed by atoms with E-state index in [1.165, 1.54) is 0 Å². The molecule has 0 spiro atoms. The van der Waals surface area contributed by atoms with Gasteiger partial charge in [0.15, 0.2) is 5.78 Å². The van der Waals surface area contributed by atoms with Gasteiger partial charge >= 0.3 is 0 Å². The molecule has 0 aliphatic carbocycles. The molecule has 116 valence electrons. The Hall–Kier alpha value is -3.00. The van der Waals surface area contributed by atoms with Gasteiger partial charge in [-0.1, -0.05) is 72.3 Å². The van der Waals surface area contributed by atoms with Gasteiger partial charge in [-0.3, -0.25) is 9.79 Å². The molecule has 0 atom stereocenters. The van der Waals surface area contributed by atoms with Crippen molar-refractivity contribution in [2.24, 2.45) is 4.99 Å². The van der Waals surface area contributed by atoms with Crippen LogP contribution in [0.1, 0.15) is 27.0 Å². The van der Waals surface area contributed by atoms with Crippen molar-refractivity contribution in [2.75, 3.05) is 0 Å². The van der Waals surface area contributed by atoms with E-state index >= 15 is 0 Å². The molecule has 4 rings (SSSR count). The standard InChI is InChI=1S/C22H17NO/c1-16-12-13-20-19(14-16)21(24)22(15-23-20,17-8-4-2-5-9-17)18-10-6-3-7-11-18/h2-15H,1H3. The van der Waals surface area contributed by atoms with Crippen LogP contribution in [0, 0.1) is 6.92 Å². The molecule has 0 bridgehead atoms. The molecule has 0 saturated carbocycles. The molecule has 1 heterocycles. The topological polar surface area (TPSA) is 29.4 Å². The van der Waals surface area contributed by atoms with Crippen molar-refractivity contribution >= 4 is 17.7 Å². The van der Waals surface area contributed by atoms with Gasteiger partial charge in [-0.15, -0.1) is 0 Å². The van der Waals surface area contributed by atoms with Crippen LogP contribution in [-0.2, 0) is 5.41 Å². The van der Waals surface area contributed by atoms with E-state index in [-0.39, 0.29) is 5.78 Å². The van der Waals surface area contributed by atoms with Crippen LogP contribution in [0.3, 0.4) is 0 Å².